The summed E-state index contributed by atoms with van der Waals surface area (Å²) in [6.07, 6.45) is 2.83. The van der Waals surface area contributed by atoms with Gasteiger partial charge in [0.15, 0.2) is 11.5 Å². The molecule has 148 valence electrons. The van der Waals surface area contributed by atoms with Crippen molar-refractivity contribution in [1.29, 1.82) is 0 Å². The number of hydrogen-bond acceptors (Lipinski definition) is 5. The molecular formula is C20H21ClN2O4S. The monoisotopic (exact) mass is 420 g/mol. The number of hydrazine groups is 1. The van der Waals surface area contributed by atoms with Gasteiger partial charge in [-0.05, 0) is 42.8 Å². The summed E-state index contributed by atoms with van der Waals surface area (Å²) in [5, 5.41) is 0.364. The second-order valence-electron chi connectivity index (χ2n) is 5.71. The van der Waals surface area contributed by atoms with Crippen molar-refractivity contribution in [1.82, 2.24) is 10.9 Å². The highest BCUT2D eigenvalue weighted by Crippen LogP contribution is 2.36. The van der Waals surface area contributed by atoms with Crippen LogP contribution in [-0.2, 0) is 9.59 Å². The first kappa shape index (κ1) is 21.7. The van der Waals surface area contributed by atoms with Crippen LogP contribution < -0.4 is 20.3 Å². The lowest BCUT2D eigenvalue weighted by Crippen LogP contribution is -2.41. The lowest BCUT2D eigenvalue weighted by molar-refractivity contribution is -0.125. The summed E-state index contributed by atoms with van der Waals surface area (Å²) in [5.41, 5.74) is 6.52. The predicted molar refractivity (Wildman–Crippen MR) is 112 cm³/mol. The van der Waals surface area contributed by atoms with E-state index in [0.717, 1.165) is 10.5 Å². The fourth-order valence-corrected chi connectivity index (χ4v) is 3.19. The number of nitrogens with one attached hydrogen (secondary N) is 2. The minimum atomic E-state index is -0.473. The summed E-state index contributed by atoms with van der Waals surface area (Å²) < 4.78 is 10.4. The summed E-state index contributed by atoms with van der Waals surface area (Å²) >= 11 is 7.51. The highest BCUT2D eigenvalue weighted by atomic mass is 35.5. The first-order chi connectivity index (χ1) is 13.4. The average Bonchev–Trinajstić information content (AvgIpc) is 2.69. The van der Waals surface area contributed by atoms with Crippen LogP contribution in [0.1, 0.15) is 11.1 Å². The number of carbonyl (C=O) groups is 2. The van der Waals surface area contributed by atoms with E-state index in [1.165, 1.54) is 32.1 Å². The minimum Gasteiger partial charge on any atom is -0.493 e. The largest absolute Gasteiger partial charge is 0.493 e. The SMILES string of the molecule is COc1cc(/C=C/C(=O)NNC(=O)CSc2ccc(C)cc2)cc(Cl)c1OC. The minimum absolute atomic E-state index is 0.193. The Morgan fingerprint density at radius 3 is 2.46 bits per heavy atom. The number of thioether (sulfide) groups is 1. The molecule has 0 fully saturated rings. The second kappa shape index (κ2) is 10.6. The normalized spacial score (nSPS) is 10.6. The van der Waals surface area contributed by atoms with Gasteiger partial charge in [-0.3, -0.25) is 20.4 Å². The number of benzene rings is 2. The molecule has 0 unspecified atom stereocenters. The molecule has 2 N–H and O–H groups in total. The Morgan fingerprint density at radius 1 is 1.11 bits per heavy atom. The summed E-state index contributed by atoms with van der Waals surface area (Å²) in [6, 6.07) is 11.2. The molecule has 0 heterocycles. The molecular weight excluding hydrogens is 400 g/mol. The molecule has 2 aromatic carbocycles. The van der Waals surface area contributed by atoms with Crippen molar-refractivity contribution < 1.29 is 19.1 Å². The van der Waals surface area contributed by atoms with E-state index in [1.807, 2.05) is 31.2 Å². The van der Waals surface area contributed by atoms with Crippen LogP contribution in [0.15, 0.2) is 47.4 Å². The Labute approximate surface area is 173 Å². The summed E-state index contributed by atoms with van der Waals surface area (Å²) in [6.45, 7) is 2.00. The molecule has 8 heteroatoms. The number of carbonyl (C=O) groups excluding carboxylic acids is 2. The van der Waals surface area contributed by atoms with E-state index >= 15 is 0 Å². The van der Waals surface area contributed by atoms with E-state index in [-0.39, 0.29) is 11.7 Å². The smallest absolute Gasteiger partial charge is 0.262 e. The van der Waals surface area contributed by atoms with Crippen LogP contribution in [0, 0.1) is 6.92 Å². The Balaban J connectivity index is 1.84. The number of hydrogen-bond donors (Lipinski definition) is 2. The van der Waals surface area contributed by atoms with Crippen molar-refractivity contribution in [3.05, 3.63) is 58.6 Å². The van der Waals surface area contributed by atoms with E-state index in [1.54, 1.807) is 18.2 Å². The zero-order valence-corrected chi connectivity index (χ0v) is 17.3. The molecule has 0 saturated heterocycles. The lowest BCUT2D eigenvalue weighted by Gasteiger charge is -2.10. The quantitative estimate of drug-likeness (QED) is 0.406. The van der Waals surface area contributed by atoms with Crippen molar-refractivity contribution in [2.24, 2.45) is 0 Å². The van der Waals surface area contributed by atoms with Gasteiger partial charge < -0.3 is 9.47 Å². The molecule has 2 rings (SSSR count). The van der Waals surface area contributed by atoms with Gasteiger partial charge in [-0.15, -0.1) is 11.8 Å². The maximum absolute atomic E-state index is 11.9. The highest BCUT2D eigenvalue weighted by Gasteiger charge is 2.10. The third-order valence-electron chi connectivity index (χ3n) is 3.60. The van der Waals surface area contributed by atoms with Gasteiger partial charge in [0.2, 0.25) is 5.91 Å². The summed E-state index contributed by atoms with van der Waals surface area (Å²) in [4.78, 5) is 24.7. The van der Waals surface area contributed by atoms with Crippen LogP contribution in [0.3, 0.4) is 0 Å². The zero-order valence-electron chi connectivity index (χ0n) is 15.7. The van der Waals surface area contributed by atoms with E-state index in [4.69, 9.17) is 21.1 Å². The molecule has 2 amide bonds. The zero-order chi connectivity index (χ0) is 20.5. The first-order valence-corrected chi connectivity index (χ1v) is 9.67. The van der Waals surface area contributed by atoms with Gasteiger partial charge in [0.1, 0.15) is 0 Å². The molecule has 0 aromatic heterocycles. The van der Waals surface area contributed by atoms with Crippen molar-refractivity contribution >= 4 is 41.3 Å². The van der Waals surface area contributed by atoms with Crippen LogP contribution in [0.2, 0.25) is 5.02 Å². The molecule has 28 heavy (non-hydrogen) atoms. The van der Waals surface area contributed by atoms with E-state index < -0.39 is 5.91 Å². The third-order valence-corrected chi connectivity index (χ3v) is 4.89. The Morgan fingerprint density at radius 2 is 1.82 bits per heavy atom. The van der Waals surface area contributed by atoms with Gasteiger partial charge in [0.05, 0.1) is 25.0 Å². The average molecular weight is 421 g/mol. The maximum Gasteiger partial charge on any atom is 0.262 e. The van der Waals surface area contributed by atoms with Gasteiger partial charge in [-0.25, -0.2) is 0 Å². The van der Waals surface area contributed by atoms with Gasteiger partial charge in [-0.1, -0.05) is 29.3 Å². The molecule has 0 atom stereocenters. The predicted octanol–water partition coefficient (Wildman–Crippen LogP) is 3.62. The molecule has 6 nitrogen and oxygen atoms in total. The van der Waals surface area contributed by atoms with Crippen LogP contribution in [0.5, 0.6) is 11.5 Å². The third kappa shape index (κ3) is 6.51. The number of amides is 2. The molecule has 0 spiro atoms. The van der Waals surface area contributed by atoms with Crippen LogP contribution in [-0.4, -0.2) is 31.8 Å². The molecule has 2 aromatic rings. The number of methoxy groups -OCH3 is 2. The van der Waals surface area contributed by atoms with Crippen molar-refractivity contribution in [3.63, 3.8) is 0 Å². The van der Waals surface area contributed by atoms with Gasteiger partial charge in [0, 0.05) is 11.0 Å². The van der Waals surface area contributed by atoms with Gasteiger partial charge in [0.25, 0.3) is 5.91 Å². The van der Waals surface area contributed by atoms with Crippen molar-refractivity contribution in [2.45, 2.75) is 11.8 Å². The maximum atomic E-state index is 11.9. The Hall–Kier alpha value is -2.64. The highest BCUT2D eigenvalue weighted by molar-refractivity contribution is 8.00. The number of aryl methyl sites for hydroxylation is 1. The van der Waals surface area contributed by atoms with E-state index in [0.29, 0.717) is 22.1 Å². The van der Waals surface area contributed by atoms with Crippen molar-refractivity contribution in [2.75, 3.05) is 20.0 Å². The van der Waals surface area contributed by atoms with E-state index in [2.05, 4.69) is 10.9 Å². The van der Waals surface area contributed by atoms with Crippen LogP contribution >= 0.6 is 23.4 Å². The van der Waals surface area contributed by atoms with Gasteiger partial charge >= 0.3 is 0 Å². The number of rotatable bonds is 7. The molecule has 0 aliphatic carbocycles. The fourth-order valence-electron chi connectivity index (χ4n) is 2.20. The lowest BCUT2D eigenvalue weighted by atomic mass is 10.2. The first-order valence-electron chi connectivity index (χ1n) is 8.31. The summed E-state index contributed by atoms with van der Waals surface area (Å²) in [7, 11) is 2.99. The van der Waals surface area contributed by atoms with Crippen molar-refractivity contribution in [3.8, 4) is 11.5 Å². The standard InChI is InChI=1S/C20H21ClN2O4S/c1-13-4-7-15(8-5-13)28-12-19(25)23-22-18(24)9-6-14-10-16(21)20(27-3)17(11-14)26-2/h4-11H,12H2,1-3H3,(H,22,24)(H,23,25)/b9-6+. The molecule has 0 aliphatic heterocycles. The molecule has 0 saturated carbocycles. The Kier molecular flexibility index (Phi) is 8.22. The second-order valence-corrected chi connectivity index (χ2v) is 7.17. The van der Waals surface area contributed by atoms with E-state index in [9.17, 15) is 9.59 Å². The molecule has 0 radical (unpaired) electrons. The van der Waals surface area contributed by atoms with Crippen LogP contribution in [0.4, 0.5) is 0 Å². The molecule has 0 aliphatic rings. The van der Waals surface area contributed by atoms with Gasteiger partial charge in [-0.2, -0.15) is 0 Å². The topological polar surface area (TPSA) is 76.7 Å². The Bertz CT molecular complexity index is 869. The fraction of sp³-hybridized carbons (Fsp3) is 0.200. The van der Waals surface area contributed by atoms with Crippen LogP contribution in [0.25, 0.3) is 6.08 Å². The number of halogens is 1. The number of ether oxygens (including phenoxy) is 2. The molecule has 0 bridgehead atoms. The summed E-state index contributed by atoms with van der Waals surface area (Å²) in [5.74, 6) is 0.292.